The van der Waals surface area contributed by atoms with E-state index in [-0.39, 0.29) is 0 Å². The lowest BCUT2D eigenvalue weighted by Gasteiger charge is -2.11. The molecule has 1 heterocycles. The zero-order valence-corrected chi connectivity index (χ0v) is 7.66. The number of rotatable bonds is 4. The Kier molecular flexibility index (Phi) is 3.74. The zero-order valence-electron chi connectivity index (χ0n) is 7.66. The van der Waals surface area contributed by atoms with Gasteiger partial charge in [-0.05, 0) is 18.6 Å². The fourth-order valence-corrected chi connectivity index (χ4v) is 1.15. The third-order valence-corrected chi connectivity index (χ3v) is 1.95. The Hall–Kier alpha value is -0.890. The fraction of sp³-hybridized carbons (Fsp3) is 0.500. The van der Waals surface area contributed by atoms with E-state index >= 15 is 0 Å². The predicted octanol–water partition coefficient (Wildman–Crippen LogP) is 2.05. The highest BCUT2D eigenvalue weighted by Gasteiger charge is 2.05. The molecule has 0 radical (unpaired) electrons. The summed E-state index contributed by atoms with van der Waals surface area (Å²) in [4.78, 5) is 4.23. The summed E-state index contributed by atoms with van der Waals surface area (Å²) in [5.41, 5.74) is 1.10. The molecule has 0 spiro atoms. The van der Waals surface area contributed by atoms with Crippen LogP contribution in [0, 0.1) is 0 Å². The molecule has 0 aliphatic rings. The van der Waals surface area contributed by atoms with Crippen LogP contribution in [-0.4, -0.2) is 18.2 Å². The van der Waals surface area contributed by atoms with E-state index in [1.165, 1.54) is 0 Å². The van der Waals surface area contributed by atoms with Crippen molar-refractivity contribution in [3.8, 4) is 0 Å². The molecule has 0 aromatic carbocycles. The van der Waals surface area contributed by atoms with Gasteiger partial charge in [0.05, 0.1) is 6.10 Å². The summed E-state index contributed by atoms with van der Waals surface area (Å²) in [7, 11) is 1.75. The summed E-state index contributed by atoms with van der Waals surface area (Å²) in [5, 5.41) is 0. The lowest BCUT2D eigenvalue weighted by atomic mass is 10.1. The van der Waals surface area contributed by atoms with Crippen LogP contribution in [0.5, 0.6) is 0 Å². The Balaban J connectivity index is 2.51. The quantitative estimate of drug-likeness (QED) is 0.681. The smallest absolute Gasteiger partial charge is 0.0624 e. The van der Waals surface area contributed by atoms with Crippen molar-refractivity contribution in [2.45, 2.75) is 25.9 Å². The van der Waals surface area contributed by atoms with E-state index in [2.05, 4.69) is 11.9 Å². The highest BCUT2D eigenvalue weighted by Crippen LogP contribution is 2.04. The van der Waals surface area contributed by atoms with Crippen LogP contribution in [0.3, 0.4) is 0 Å². The third kappa shape index (κ3) is 2.62. The Morgan fingerprint density at radius 1 is 1.50 bits per heavy atom. The highest BCUT2D eigenvalue weighted by molar-refractivity contribution is 5.04. The van der Waals surface area contributed by atoms with E-state index in [1.807, 2.05) is 24.4 Å². The number of hydrogen-bond acceptors (Lipinski definition) is 2. The molecule has 0 saturated carbocycles. The zero-order chi connectivity index (χ0) is 8.81. The van der Waals surface area contributed by atoms with Crippen LogP contribution >= 0.6 is 0 Å². The maximum absolute atomic E-state index is 5.26. The SMILES string of the molecule is CCC(Cc1ccccn1)OC. The Bertz CT molecular complexity index is 206. The van der Waals surface area contributed by atoms with Gasteiger partial charge in [-0.25, -0.2) is 0 Å². The van der Waals surface area contributed by atoms with Crippen molar-refractivity contribution in [3.63, 3.8) is 0 Å². The number of pyridine rings is 1. The van der Waals surface area contributed by atoms with Crippen LogP contribution in [0.2, 0.25) is 0 Å². The number of nitrogens with zero attached hydrogens (tertiary/aromatic N) is 1. The van der Waals surface area contributed by atoms with Crippen LogP contribution < -0.4 is 0 Å². The van der Waals surface area contributed by atoms with E-state index in [4.69, 9.17) is 4.74 Å². The first-order valence-corrected chi connectivity index (χ1v) is 4.29. The Morgan fingerprint density at radius 3 is 2.83 bits per heavy atom. The average molecular weight is 165 g/mol. The minimum absolute atomic E-state index is 0.305. The molecule has 2 heteroatoms. The summed E-state index contributed by atoms with van der Waals surface area (Å²) in [6.07, 6.45) is 4.07. The molecule has 0 amide bonds. The minimum Gasteiger partial charge on any atom is -0.381 e. The maximum atomic E-state index is 5.26. The molecular weight excluding hydrogens is 150 g/mol. The van der Waals surface area contributed by atoms with E-state index < -0.39 is 0 Å². The first kappa shape index (κ1) is 9.20. The van der Waals surface area contributed by atoms with Crippen LogP contribution in [0.15, 0.2) is 24.4 Å². The molecule has 0 aliphatic carbocycles. The van der Waals surface area contributed by atoms with Crippen molar-refractivity contribution < 1.29 is 4.74 Å². The summed E-state index contributed by atoms with van der Waals surface area (Å²) in [5.74, 6) is 0. The van der Waals surface area contributed by atoms with Gasteiger partial charge in [0.2, 0.25) is 0 Å². The first-order valence-electron chi connectivity index (χ1n) is 4.29. The van der Waals surface area contributed by atoms with Gasteiger partial charge in [0.25, 0.3) is 0 Å². The van der Waals surface area contributed by atoms with Crippen molar-refractivity contribution >= 4 is 0 Å². The number of methoxy groups -OCH3 is 1. The monoisotopic (exact) mass is 165 g/mol. The summed E-state index contributed by atoms with van der Waals surface area (Å²) < 4.78 is 5.26. The van der Waals surface area contributed by atoms with E-state index in [9.17, 15) is 0 Å². The van der Waals surface area contributed by atoms with Crippen LogP contribution in [-0.2, 0) is 11.2 Å². The summed E-state index contributed by atoms with van der Waals surface area (Å²) in [6, 6.07) is 5.96. The Labute approximate surface area is 73.6 Å². The molecule has 1 rings (SSSR count). The molecule has 0 saturated heterocycles. The number of hydrogen-bond donors (Lipinski definition) is 0. The standard InChI is InChI=1S/C10H15NO/c1-3-10(12-2)8-9-6-4-5-7-11-9/h4-7,10H,3,8H2,1-2H3. The largest absolute Gasteiger partial charge is 0.381 e. The molecule has 0 fully saturated rings. The molecule has 66 valence electrons. The van der Waals surface area contributed by atoms with Crippen molar-refractivity contribution in [1.82, 2.24) is 4.98 Å². The molecule has 0 aliphatic heterocycles. The lowest BCUT2D eigenvalue weighted by Crippen LogP contribution is -2.13. The van der Waals surface area contributed by atoms with Gasteiger partial charge in [0, 0.05) is 25.4 Å². The van der Waals surface area contributed by atoms with Crippen LogP contribution in [0.4, 0.5) is 0 Å². The Morgan fingerprint density at radius 2 is 2.33 bits per heavy atom. The number of ether oxygens (including phenoxy) is 1. The van der Waals surface area contributed by atoms with Gasteiger partial charge >= 0.3 is 0 Å². The van der Waals surface area contributed by atoms with Gasteiger partial charge in [-0.3, -0.25) is 4.98 Å². The van der Waals surface area contributed by atoms with E-state index in [1.54, 1.807) is 7.11 Å². The molecule has 2 nitrogen and oxygen atoms in total. The second kappa shape index (κ2) is 4.88. The van der Waals surface area contributed by atoms with Gasteiger partial charge < -0.3 is 4.74 Å². The normalized spacial score (nSPS) is 12.8. The second-order valence-electron chi connectivity index (χ2n) is 2.79. The van der Waals surface area contributed by atoms with Gasteiger partial charge in [0.1, 0.15) is 0 Å². The molecule has 12 heavy (non-hydrogen) atoms. The van der Waals surface area contributed by atoms with Gasteiger partial charge in [-0.2, -0.15) is 0 Å². The first-order chi connectivity index (χ1) is 5.86. The van der Waals surface area contributed by atoms with E-state index in [0.717, 1.165) is 18.5 Å². The van der Waals surface area contributed by atoms with Crippen molar-refractivity contribution in [1.29, 1.82) is 0 Å². The van der Waals surface area contributed by atoms with Crippen molar-refractivity contribution in [2.24, 2.45) is 0 Å². The van der Waals surface area contributed by atoms with Crippen molar-refractivity contribution in [2.75, 3.05) is 7.11 Å². The van der Waals surface area contributed by atoms with Gasteiger partial charge in [-0.1, -0.05) is 13.0 Å². The van der Waals surface area contributed by atoms with Crippen LogP contribution in [0.1, 0.15) is 19.0 Å². The van der Waals surface area contributed by atoms with Gasteiger partial charge in [0.15, 0.2) is 0 Å². The van der Waals surface area contributed by atoms with Crippen molar-refractivity contribution in [3.05, 3.63) is 30.1 Å². The third-order valence-electron chi connectivity index (χ3n) is 1.95. The predicted molar refractivity (Wildman–Crippen MR) is 49.0 cm³/mol. The van der Waals surface area contributed by atoms with E-state index in [0.29, 0.717) is 6.10 Å². The van der Waals surface area contributed by atoms with Crippen LogP contribution in [0.25, 0.3) is 0 Å². The highest BCUT2D eigenvalue weighted by atomic mass is 16.5. The maximum Gasteiger partial charge on any atom is 0.0624 e. The molecule has 1 atom stereocenters. The molecule has 1 aromatic rings. The molecule has 0 bridgehead atoms. The summed E-state index contributed by atoms with van der Waals surface area (Å²) in [6.45, 7) is 2.12. The molecular formula is C10H15NO. The molecule has 0 N–H and O–H groups in total. The molecule has 1 aromatic heterocycles. The molecule has 1 unspecified atom stereocenters. The second-order valence-corrected chi connectivity index (χ2v) is 2.79. The topological polar surface area (TPSA) is 22.1 Å². The minimum atomic E-state index is 0.305. The fourth-order valence-electron chi connectivity index (χ4n) is 1.15. The number of aromatic nitrogens is 1. The lowest BCUT2D eigenvalue weighted by molar-refractivity contribution is 0.0990. The average Bonchev–Trinajstić information content (AvgIpc) is 2.16. The summed E-state index contributed by atoms with van der Waals surface area (Å²) >= 11 is 0. The van der Waals surface area contributed by atoms with Gasteiger partial charge in [-0.15, -0.1) is 0 Å².